The minimum Gasteiger partial charge on any atom is -0.356 e. The molecule has 1 aromatic rings. The predicted octanol–water partition coefficient (Wildman–Crippen LogP) is 2.40. The summed E-state index contributed by atoms with van der Waals surface area (Å²) in [5.74, 6) is 0.0577. The molecule has 0 aromatic heterocycles. The molecule has 0 aliphatic heterocycles. The highest BCUT2D eigenvalue weighted by Crippen LogP contribution is 2.26. The Hall–Kier alpha value is -1.55. The van der Waals surface area contributed by atoms with E-state index in [4.69, 9.17) is 11.6 Å². The second-order valence-corrected chi connectivity index (χ2v) is 5.86. The molecule has 0 bridgehead atoms. The third kappa shape index (κ3) is 5.38. The molecular formula is C16H21ClN2O2. The number of amides is 2. The van der Waals surface area contributed by atoms with Crippen LogP contribution in [0, 0.1) is 0 Å². The molecule has 1 fully saturated rings. The van der Waals surface area contributed by atoms with Crippen molar-refractivity contribution < 1.29 is 9.59 Å². The summed E-state index contributed by atoms with van der Waals surface area (Å²) in [7, 11) is 0. The molecule has 0 heterocycles. The van der Waals surface area contributed by atoms with E-state index in [1.807, 2.05) is 24.3 Å². The quantitative estimate of drug-likeness (QED) is 0.841. The minimum atomic E-state index is -0.00383. The monoisotopic (exact) mass is 308 g/mol. The van der Waals surface area contributed by atoms with E-state index in [1.54, 1.807) is 11.8 Å². The van der Waals surface area contributed by atoms with Gasteiger partial charge >= 0.3 is 0 Å². The van der Waals surface area contributed by atoms with Crippen LogP contribution < -0.4 is 5.32 Å². The van der Waals surface area contributed by atoms with Crippen molar-refractivity contribution in [1.82, 2.24) is 10.2 Å². The van der Waals surface area contributed by atoms with Gasteiger partial charge in [-0.05, 0) is 37.0 Å². The van der Waals surface area contributed by atoms with Gasteiger partial charge < -0.3 is 10.2 Å². The second-order valence-electron chi connectivity index (χ2n) is 5.42. The Bertz CT molecular complexity index is 498. The summed E-state index contributed by atoms with van der Waals surface area (Å²) in [5.41, 5.74) is 1.14. The highest BCUT2D eigenvalue weighted by atomic mass is 35.5. The number of halogens is 1. The average molecular weight is 309 g/mol. The molecule has 1 N–H and O–H groups in total. The summed E-state index contributed by atoms with van der Waals surface area (Å²) in [6.45, 7) is 2.69. The molecule has 2 rings (SSSR count). The fourth-order valence-corrected chi connectivity index (χ4v) is 2.42. The lowest BCUT2D eigenvalue weighted by Crippen LogP contribution is -2.35. The second kappa shape index (κ2) is 7.46. The summed E-state index contributed by atoms with van der Waals surface area (Å²) in [4.78, 5) is 25.0. The Morgan fingerprint density at radius 2 is 1.95 bits per heavy atom. The molecule has 1 aliphatic carbocycles. The first kappa shape index (κ1) is 15.8. The minimum absolute atomic E-state index is 0.00383. The van der Waals surface area contributed by atoms with E-state index in [-0.39, 0.29) is 11.8 Å². The van der Waals surface area contributed by atoms with E-state index < -0.39 is 0 Å². The van der Waals surface area contributed by atoms with E-state index in [9.17, 15) is 9.59 Å². The van der Waals surface area contributed by atoms with Crippen LogP contribution in [0.1, 0.15) is 31.7 Å². The van der Waals surface area contributed by atoms with Crippen molar-refractivity contribution in [1.29, 1.82) is 0 Å². The van der Waals surface area contributed by atoms with Crippen LogP contribution in [0.4, 0.5) is 0 Å². The topological polar surface area (TPSA) is 49.4 Å². The molecule has 0 atom stereocenters. The van der Waals surface area contributed by atoms with Gasteiger partial charge in [0, 0.05) is 37.5 Å². The van der Waals surface area contributed by atoms with Crippen molar-refractivity contribution in [3.63, 3.8) is 0 Å². The molecule has 21 heavy (non-hydrogen) atoms. The van der Waals surface area contributed by atoms with Gasteiger partial charge in [0.15, 0.2) is 0 Å². The maximum Gasteiger partial charge on any atom is 0.221 e. The zero-order valence-corrected chi connectivity index (χ0v) is 13.0. The van der Waals surface area contributed by atoms with Gasteiger partial charge in [-0.2, -0.15) is 0 Å². The number of hydrogen-bond donors (Lipinski definition) is 1. The van der Waals surface area contributed by atoms with Crippen molar-refractivity contribution in [3.8, 4) is 0 Å². The first-order valence-corrected chi connectivity index (χ1v) is 7.72. The Balaban J connectivity index is 1.65. The lowest BCUT2D eigenvalue weighted by molar-refractivity contribution is -0.130. The average Bonchev–Trinajstić information content (AvgIpc) is 3.25. The lowest BCUT2D eigenvalue weighted by atomic mass is 10.1. The summed E-state index contributed by atoms with van der Waals surface area (Å²) in [5, 5.41) is 3.60. The Morgan fingerprint density at radius 3 is 2.52 bits per heavy atom. The fourth-order valence-electron chi connectivity index (χ4n) is 2.29. The SMILES string of the molecule is CC(=O)N(CCC(=O)NCCc1ccc(Cl)cc1)C1CC1. The van der Waals surface area contributed by atoms with Crippen LogP contribution in [-0.4, -0.2) is 35.8 Å². The molecule has 0 saturated heterocycles. The summed E-state index contributed by atoms with van der Waals surface area (Å²) < 4.78 is 0. The number of rotatable bonds is 7. The molecule has 1 aliphatic rings. The van der Waals surface area contributed by atoms with Crippen molar-refractivity contribution >= 4 is 23.4 Å². The van der Waals surface area contributed by atoms with Crippen molar-refractivity contribution in [2.75, 3.05) is 13.1 Å². The van der Waals surface area contributed by atoms with Gasteiger partial charge in [0.2, 0.25) is 11.8 Å². The van der Waals surface area contributed by atoms with Crippen molar-refractivity contribution in [3.05, 3.63) is 34.9 Å². The highest BCUT2D eigenvalue weighted by molar-refractivity contribution is 6.30. The largest absolute Gasteiger partial charge is 0.356 e. The molecule has 114 valence electrons. The molecular weight excluding hydrogens is 288 g/mol. The summed E-state index contributed by atoms with van der Waals surface area (Å²) >= 11 is 5.82. The maximum atomic E-state index is 11.8. The Kier molecular flexibility index (Phi) is 5.62. The third-order valence-corrected chi connectivity index (χ3v) is 3.87. The van der Waals surface area contributed by atoms with Crippen molar-refractivity contribution in [2.45, 2.75) is 38.6 Å². The van der Waals surface area contributed by atoms with Gasteiger partial charge in [-0.15, -0.1) is 0 Å². The third-order valence-electron chi connectivity index (χ3n) is 3.62. The molecule has 0 unspecified atom stereocenters. The molecule has 1 saturated carbocycles. The van der Waals surface area contributed by atoms with Crippen LogP contribution in [0.3, 0.4) is 0 Å². The molecule has 4 nitrogen and oxygen atoms in total. The molecule has 0 spiro atoms. The molecule has 5 heteroatoms. The van der Waals surface area contributed by atoms with Gasteiger partial charge in [-0.1, -0.05) is 23.7 Å². The molecule has 0 radical (unpaired) electrons. The standard InChI is InChI=1S/C16H21ClN2O2/c1-12(20)19(15-6-7-15)11-9-16(21)18-10-8-13-2-4-14(17)5-3-13/h2-5,15H,6-11H2,1H3,(H,18,21). The first-order valence-electron chi connectivity index (χ1n) is 7.34. The Labute approximate surface area is 130 Å². The number of benzene rings is 1. The molecule has 1 aromatic carbocycles. The van der Waals surface area contributed by atoms with Gasteiger partial charge in [0.05, 0.1) is 0 Å². The predicted molar refractivity (Wildman–Crippen MR) is 83.2 cm³/mol. The number of carbonyl (C=O) groups is 2. The normalized spacial score (nSPS) is 13.8. The molecule has 2 amide bonds. The van der Waals surface area contributed by atoms with Crippen LogP contribution in [0.5, 0.6) is 0 Å². The van der Waals surface area contributed by atoms with Crippen LogP contribution >= 0.6 is 11.6 Å². The maximum absolute atomic E-state index is 11.8. The Morgan fingerprint density at radius 1 is 1.29 bits per heavy atom. The number of nitrogens with zero attached hydrogens (tertiary/aromatic N) is 1. The van der Waals surface area contributed by atoms with Crippen LogP contribution in [0.2, 0.25) is 5.02 Å². The summed E-state index contributed by atoms with van der Waals surface area (Å²) in [6.07, 6.45) is 3.29. The van der Waals surface area contributed by atoms with Gasteiger partial charge in [-0.3, -0.25) is 9.59 Å². The first-order chi connectivity index (χ1) is 10.1. The fraction of sp³-hybridized carbons (Fsp3) is 0.500. The van der Waals surface area contributed by atoms with E-state index in [1.165, 1.54) is 0 Å². The van der Waals surface area contributed by atoms with E-state index in [0.717, 1.165) is 24.8 Å². The summed E-state index contributed by atoms with van der Waals surface area (Å²) in [6, 6.07) is 7.97. The smallest absolute Gasteiger partial charge is 0.221 e. The number of carbonyl (C=O) groups excluding carboxylic acids is 2. The van der Waals surface area contributed by atoms with E-state index in [2.05, 4.69) is 5.32 Å². The highest BCUT2D eigenvalue weighted by Gasteiger charge is 2.30. The van der Waals surface area contributed by atoms with Gasteiger partial charge in [0.1, 0.15) is 0 Å². The number of nitrogens with one attached hydrogen (secondary N) is 1. The number of hydrogen-bond acceptors (Lipinski definition) is 2. The van der Waals surface area contributed by atoms with E-state index in [0.29, 0.717) is 30.6 Å². The zero-order chi connectivity index (χ0) is 15.2. The van der Waals surface area contributed by atoms with E-state index >= 15 is 0 Å². The van der Waals surface area contributed by atoms with Crippen molar-refractivity contribution in [2.24, 2.45) is 0 Å². The van der Waals surface area contributed by atoms with Crippen LogP contribution in [-0.2, 0) is 16.0 Å². The lowest BCUT2D eigenvalue weighted by Gasteiger charge is -2.20. The van der Waals surface area contributed by atoms with Crippen LogP contribution in [0.25, 0.3) is 0 Å². The van der Waals surface area contributed by atoms with Gasteiger partial charge in [-0.25, -0.2) is 0 Å². The van der Waals surface area contributed by atoms with Crippen LogP contribution in [0.15, 0.2) is 24.3 Å². The van der Waals surface area contributed by atoms with Gasteiger partial charge in [0.25, 0.3) is 0 Å². The zero-order valence-electron chi connectivity index (χ0n) is 12.3.